The third-order valence-electron chi connectivity index (χ3n) is 5.16. The average molecular weight is 228 g/mol. The lowest BCUT2D eigenvalue weighted by atomic mass is 10.0. The molecule has 3 rings (SSSR count). The molecule has 0 unspecified atom stereocenters. The molecule has 3 saturated heterocycles. The molecule has 0 aliphatic carbocycles. The van der Waals surface area contributed by atoms with E-state index >= 15 is 0 Å². The van der Waals surface area contributed by atoms with Crippen LogP contribution in [-0.2, 0) is 0 Å². The standard InChI is InChI=1S/C12H26N2.2CH3/c1-11(2)13-5-8-14(9-6-13,10-7-13)12(3)4;;/h11-12H,5-10H2,1-4H3;2*1H3/q+2;2*-1. The molecule has 0 saturated carbocycles. The highest BCUT2D eigenvalue weighted by molar-refractivity contribution is 4.65. The van der Waals surface area contributed by atoms with E-state index in [0.717, 1.165) is 12.1 Å². The minimum Gasteiger partial charge on any atom is -0.358 e. The van der Waals surface area contributed by atoms with Crippen LogP contribution >= 0.6 is 0 Å². The van der Waals surface area contributed by atoms with Crippen molar-refractivity contribution in [2.75, 3.05) is 39.3 Å². The summed E-state index contributed by atoms with van der Waals surface area (Å²) in [4.78, 5) is 0. The maximum Gasteiger partial charge on any atom is 0.129 e. The van der Waals surface area contributed by atoms with E-state index in [1.807, 2.05) is 0 Å². The largest absolute Gasteiger partial charge is 0.358 e. The smallest absolute Gasteiger partial charge is 0.129 e. The summed E-state index contributed by atoms with van der Waals surface area (Å²) in [5.41, 5.74) is 0. The van der Waals surface area contributed by atoms with Gasteiger partial charge in [0.1, 0.15) is 39.3 Å². The molecule has 3 aliphatic heterocycles. The Labute approximate surface area is 103 Å². The highest BCUT2D eigenvalue weighted by atomic mass is 15.5. The number of quaternary nitrogens is 2. The third kappa shape index (κ3) is 2.14. The predicted octanol–water partition coefficient (Wildman–Crippen LogP) is 2.36. The molecule has 2 heteroatoms. The first-order valence-corrected chi connectivity index (χ1v) is 6.22. The monoisotopic (exact) mass is 228 g/mol. The molecule has 0 spiro atoms. The first-order chi connectivity index (χ1) is 6.51. The molecule has 0 aromatic carbocycles. The highest BCUT2D eigenvalue weighted by Gasteiger charge is 2.51. The van der Waals surface area contributed by atoms with Crippen molar-refractivity contribution in [1.82, 2.24) is 0 Å². The molecule has 98 valence electrons. The molecule has 0 aromatic heterocycles. The number of hydrogen-bond acceptors (Lipinski definition) is 0. The van der Waals surface area contributed by atoms with E-state index < -0.39 is 0 Å². The van der Waals surface area contributed by atoms with Gasteiger partial charge in [0.05, 0.1) is 12.1 Å². The summed E-state index contributed by atoms with van der Waals surface area (Å²) in [6, 6.07) is 1.68. The van der Waals surface area contributed by atoms with Gasteiger partial charge in [0.15, 0.2) is 0 Å². The van der Waals surface area contributed by atoms with Gasteiger partial charge < -0.3 is 23.8 Å². The molecule has 0 atom stereocenters. The highest BCUT2D eigenvalue weighted by Crippen LogP contribution is 2.31. The van der Waals surface area contributed by atoms with E-state index in [1.165, 1.54) is 48.2 Å². The molecular weight excluding hydrogens is 196 g/mol. The lowest BCUT2D eigenvalue weighted by molar-refractivity contribution is -1.10. The van der Waals surface area contributed by atoms with Crippen molar-refractivity contribution in [1.29, 1.82) is 0 Å². The number of hydrogen-bond donors (Lipinski definition) is 0. The zero-order chi connectivity index (χ0) is 10.4. The Hall–Kier alpha value is -0.0800. The molecule has 0 amide bonds. The van der Waals surface area contributed by atoms with Gasteiger partial charge in [-0.2, -0.15) is 0 Å². The van der Waals surface area contributed by atoms with Crippen LogP contribution in [0.25, 0.3) is 0 Å². The number of piperazine rings is 3. The summed E-state index contributed by atoms with van der Waals surface area (Å²) in [7, 11) is 0. The van der Waals surface area contributed by atoms with Crippen molar-refractivity contribution in [3.05, 3.63) is 14.9 Å². The van der Waals surface area contributed by atoms with Gasteiger partial charge in [-0.3, -0.25) is 0 Å². The zero-order valence-electron chi connectivity index (χ0n) is 12.3. The molecule has 0 radical (unpaired) electrons. The van der Waals surface area contributed by atoms with E-state index in [4.69, 9.17) is 0 Å². The Morgan fingerprint density at radius 2 is 0.750 bits per heavy atom. The fourth-order valence-corrected chi connectivity index (χ4v) is 3.41. The van der Waals surface area contributed by atoms with Crippen LogP contribution in [-0.4, -0.2) is 60.3 Å². The average Bonchev–Trinajstić information content (AvgIpc) is 2.20. The molecule has 0 aromatic rings. The van der Waals surface area contributed by atoms with E-state index in [1.54, 1.807) is 0 Å². The van der Waals surface area contributed by atoms with Crippen LogP contribution in [0, 0.1) is 14.9 Å². The summed E-state index contributed by atoms with van der Waals surface area (Å²) in [5, 5.41) is 0. The van der Waals surface area contributed by atoms with Gasteiger partial charge in [-0.25, -0.2) is 0 Å². The van der Waals surface area contributed by atoms with E-state index in [0.29, 0.717) is 0 Å². The van der Waals surface area contributed by atoms with Crippen molar-refractivity contribution in [3.8, 4) is 0 Å². The SMILES string of the molecule is CC(C)[N+]12CC[N+](C(C)C)(CC1)CC2.[CH3-].[CH3-]. The second-order valence-electron chi connectivity index (χ2n) is 5.97. The number of rotatable bonds is 2. The van der Waals surface area contributed by atoms with Crippen LogP contribution < -0.4 is 0 Å². The van der Waals surface area contributed by atoms with Crippen molar-refractivity contribution in [2.24, 2.45) is 0 Å². The fourth-order valence-electron chi connectivity index (χ4n) is 3.41. The minimum absolute atomic E-state index is 0. The van der Waals surface area contributed by atoms with Crippen molar-refractivity contribution in [3.63, 3.8) is 0 Å². The van der Waals surface area contributed by atoms with Gasteiger partial charge in [0, 0.05) is 0 Å². The molecule has 2 bridgehead atoms. The number of nitrogens with zero attached hydrogens (tertiary/aromatic N) is 2. The van der Waals surface area contributed by atoms with Gasteiger partial charge >= 0.3 is 0 Å². The van der Waals surface area contributed by atoms with E-state index in [-0.39, 0.29) is 14.9 Å². The van der Waals surface area contributed by atoms with Crippen LogP contribution in [0.5, 0.6) is 0 Å². The first-order valence-electron chi connectivity index (χ1n) is 6.22. The maximum absolute atomic E-state index is 2.40. The Kier molecular flexibility index (Phi) is 5.03. The second-order valence-corrected chi connectivity index (χ2v) is 5.97. The summed E-state index contributed by atoms with van der Waals surface area (Å²) in [6.45, 7) is 18.2. The molecule has 3 fully saturated rings. The van der Waals surface area contributed by atoms with Crippen LogP contribution in [0.15, 0.2) is 0 Å². The van der Waals surface area contributed by atoms with Crippen LogP contribution in [0.1, 0.15) is 27.7 Å². The Morgan fingerprint density at radius 3 is 0.875 bits per heavy atom. The Balaban J connectivity index is 0.00000112. The Bertz CT molecular complexity index is 172. The Morgan fingerprint density at radius 1 is 0.562 bits per heavy atom. The topological polar surface area (TPSA) is 0 Å². The van der Waals surface area contributed by atoms with Gasteiger partial charge in [-0.1, -0.05) is 0 Å². The quantitative estimate of drug-likeness (QED) is 0.503. The summed E-state index contributed by atoms with van der Waals surface area (Å²) >= 11 is 0. The fraction of sp³-hybridized carbons (Fsp3) is 0.857. The molecule has 3 aliphatic rings. The van der Waals surface area contributed by atoms with Gasteiger partial charge in [-0.05, 0) is 27.7 Å². The maximum atomic E-state index is 2.40. The molecule has 3 heterocycles. The molecule has 2 nitrogen and oxygen atoms in total. The van der Waals surface area contributed by atoms with Gasteiger partial charge in [0.2, 0.25) is 0 Å². The van der Waals surface area contributed by atoms with Gasteiger partial charge in [-0.15, -0.1) is 0 Å². The molecule has 0 N–H and O–H groups in total. The first kappa shape index (κ1) is 15.9. The van der Waals surface area contributed by atoms with Gasteiger partial charge in [0.25, 0.3) is 0 Å². The zero-order valence-corrected chi connectivity index (χ0v) is 12.3. The number of fused-ring (bicyclic) bond motifs is 3. The normalized spacial score (nSPS) is 37.1. The lowest BCUT2D eigenvalue weighted by Gasteiger charge is -2.58. The molecule has 16 heavy (non-hydrogen) atoms. The third-order valence-corrected chi connectivity index (χ3v) is 5.16. The summed E-state index contributed by atoms with van der Waals surface area (Å²) < 4.78 is 2.82. The van der Waals surface area contributed by atoms with Crippen molar-refractivity contribution in [2.45, 2.75) is 39.8 Å². The summed E-state index contributed by atoms with van der Waals surface area (Å²) in [5.74, 6) is 0. The summed E-state index contributed by atoms with van der Waals surface area (Å²) in [6.07, 6.45) is 0. The predicted molar refractivity (Wildman–Crippen MR) is 72.8 cm³/mol. The second kappa shape index (κ2) is 5.05. The molecular formula is C14H32N2. The van der Waals surface area contributed by atoms with Crippen molar-refractivity contribution >= 4 is 0 Å². The van der Waals surface area contributed by atoms with E-state index in [9.17, 15) is 0 Å². The van der Waals surface area contributed by atoms with Crippen molar-refractivity contribution < 1.29 is 8.97 Å². The van der Waals surface area contributed by atoms with Crippen LogP contribution in [0.4, 0.5) is 0 Å². The van der Waals surface area contributed by atoms with E-state index in [2.05, 4.69) is 27.7 Å². The van der Waals surface area contributed by atoms with Crippen LogP contribution in [0.2, 0.25) is 0 Å². The minimum atomic E-state index is 0. The lowest BCUT2D eigenvalue weighted by Crippen LogP contribution is -2.78. The van der Waals surface area contributed by atoms with Crippen LogP contribution in [0.3, 0.4) is 0 Å².